The molecule has 0 bridgehead atoms. The Morgan fingerprint density at radius 2 is 1.79 bits per heavy atom. The SMILES string of the molecule is CCC(Cc1ccccc1)Nc1ccc(Br)cc1Br. The molecule has 0 aliphatic rings. The van der Waals surface area contributed by atoms with Crippen LogP contribution in [0.3, 0.4) is 0 Å². The molecule has 2 rings (SSSR count). The first-order chi connectivity index (χ1) is 9.19. The van der Waals surface area contributed by atoms with Gasteiger partial charge in [0.25, 0.3) is 0 Å². The van der Waals surface area contributed by atoms with Gasteiger partial charge in [0.1, 0.15) is 0 Å². The lowest BCUT2D eigenvalue weighted by Crippen LogP contribution is -2.21. The molecule has 19 heavy (non-hydrogen) atoms. The van der Waals surface area contributed by atoms with Crippen molar-refractivity contribution in [2.24, 2.45) is 0 Å². The highest BCUT2D eigenvalue weighted by Gasteiger charge is 2.09. The Morgan fingerprint density at radius 3 is 2.42 bits per heavy atom. The van der Waals surface area contributed by atoms with Crippen molar-refractivity contribution in [3.8, 4) is 0 Å². The Balaban J connectivity index is 2.06. The molecule has 100 valence electrons. The quantitative estimate of drug-likeness (QED) is 0.704. The number of hydrogen-bond donors (Lipinski definition) is 1. The van der Waals surface area contributed by atoms with E-state index < -0.39 is 0 Å². The number of benzene rings is 2. The molecule has 1 unspecified atom stereocenters. The van der Waals surface area contributed by atoms with Crippen LogP contribution in [0.4, 0.5) is 5.69 Å². The van der Waals surface area contributed by atoms with Crippen LogP contribution in [0.2, 0.25) is 0 Å². The van der Waals surface area contributed by atoms with Crippen LogP contribution in [0.25, 0.3) is 0 Å². The van der Waals surface area contributed by atoms with Crippen LogP contribution in [0, 0.1) is 0 Å². The van der Waals surface area contributed by atoms with E-state index in [1.54, 1.807) is 0 Å². The summed E-state index contributed by atoms with van der Waals surface area (Å²) in [7, 11) is 0. The topological polar surface area (TPSA) is 12.0 Å². The predicted molar refractivity (Wildman–Crippen MR) is 89.7 cm³/mol. The largest absolute Gasteiger partial charge is 0.381 e. The fourth-order valence-corrected chi connectivity index (χ4v) is 3.18. The minimum Gasteiger partial charge on any atom is -0.381 e. The van der Waals surface area contributed by atoms with Crippen LogP contribution in [-0.2, 0) is 6.42 Å². The van der Waals surface area contributed by atoms with Crippen molar-refractivity contribution in [3.63, 3.8) is 0 Å². The first kappa shape index (κ1) is 14.6. The zero-order valence-corrected chi connectivity index (χ0v) is 14.0. The van der Waals surface area contributed by atoms with E-state index >= 15 is 0 Å². The molecule has 1 N–H and O–H groups in total. The van der Waals surface area contributed by atoms with Crippen molar-refractivity contribution in [2.75, 3.05) is 5.32 Å². The monoisotopic (exact) mass is 381 g/mol. The van der Waals surface area contributed by atoms with Crippen molar-refractivity contribution < 1.29 is 0 Å². The summed E-state index contributed by atoms with van der Waals surface area (Å²) >= 11 is 7.07. The van der Waals surface area contributed by atoms with Gasteiger partial charge in [-0.3, -0.25) is 0 Å². The fraction of sp³-hybridized carbons (Fsp3) is 0.250. The lowest BCUT2D eigenvalue weighted by Gasteiger charge is -2.19. The highest BCUT2D eigenvalue weighted by atomic mass is 79.9. The van der Waals surface area contributed by atoms with Crippen molar-refractivity contribution in [1.82, 2.24) is 0 Å². The summed E-state index contributed by atoms with van der Waals surface area (Å²) in [4.78, 5) is 0. The molecular formula is C16H17Br2N. The molecule has 0 fully saturated rings. The zero-order chi connectivity index (χ0) is 13.7. The summed E-state index contributed by atoms with van der Waals surface area (Å²) in [5.41, 5.74) is 2.51. The molecule has 0 saturated carbocycles. The molecule has 0 aromatic heterocycles. The Labute approximate surface area is 131 Å². The van der Waals surface area contributed by atoms with Gasteiger partial charge in [-0.05, 0) is 52.5 Å². The van der Waals surface area contributed by atoms with E-state index in [0.717, 1.165) is 27.5 Å². The second kappa shape index (κ2) is 7.11. The van der Waals surface area contributed by atoms with Gasteiger partial charge in [-0.25, -0.2) is 0 Å². The van der Waals surface area contributed by atoms with E-state index in [4.69, 9.17) is 0 Å². The first-order valence-electron chi connectivity index (χ1n) is 6.44. The van der Waals surface area contributed by atoms with Gasteiger partial charge in [0.15, 0.2) is 0 Å². The van der Waals surface area contributed by atoms with Crippen molar-refractivity contribution >= 4 is 37.5 Å². The summed E-state index contributed by atoms with van der Waals surface area (Å²) in [6.45, 7) is 2.22. The maximum atomic E-state index is 3.60. The number of halogens is 2. The number of nitrogens with one attached hydrogen (secondary N) is 1. The third-order valence-electron chi connectivity index (χ3n) is 3.11. The highest BCUT2D eigenvalue weighted by molar-refractivity contribution is 9.11. The maximum absolute atomic E-state index is 3.60. The molecule has 0 aliphatic heterocycles. The van der Waals surface area contributed by atoms with Crippen LogP contribution in [0.1, 0.15) is 18.9 Å². The molecule has 2 aromatic rings. The molecule has 0 heterocycles. The molecule has 0 radical (unpaired) electrons. The van der Waals surface area contributed by atoms with E-state index in [1.165, 1.54) is 5.56 Å². The van der Waals surface area contributed by atoms with E-state index in [-0.39, 0.29) is 0 Å². The molecule has 1 nitrogen and oxygen atoms in total. The summed E-state index contributed by atoms with van der Waals surface area (Å²) in [6.07, 6.45) is 2.14. The summed E-state index contributed by atoms with van der Waals surface area (Å²) in [6, 6.07) is 17.3. The zero-order valence-electron chi connectivity index (χ0n) is 10.9. The number of hydrogen-bond acceptors (Lipinski definition) is 1. The highest BCUT2D eigenvalue weighted by Crippen LogP contribution is 2.27. The molecule has 1 atom stereocenters. The lowest BCUT2D eigenvalue weighted by atomic mass is 10.0. The molecule has 0 spiro atoms. The maximum Gasteiger partial charge on any atom is 0.0487 e. The van der Waals surface area contributed by atoms with Crippen molar-refractivity contribution in [2.45, 2.75) is 25.8 Å². The Morgan fingerprint density at radius 1 is 1.05 bits per heavy atom. The molecular weight excluding hydrogens is 366 g/mol. The average molecular weight is 383 g/mol. The smallest absolute Gasteiger partial charge is 0.0487 e. The van der Waals surface area contributed by atoms with E-state index in [9.17, 15) is 0 Å². The first-order valence-corrected chi connectivity index (χ1v) is 8.03. The van der Waals surface area contributed by atoms with Gasteiger partial charge in [0, 0.05) is 20.7 Å². The summed E-state index contributed by atoms with van der Waals surface area (Å²) in [5, 5.41) is 3.60. The Kier molecular flexibility index (Phi) is 5.46. The molecule has 2 aromatic carbocycles. The van der Waals surface area contributed by atoms with E-state index in [1.807, 2.05) is 0 Å². The van der Waals surface area contributed by atoms with E-state index in [0.29, 0.717) is 6.04 Å². The number of anilines is 1. The molecule has 0 amide bonds. The summed E-state index contributed by atoms with van der Waals surface area (Å²) in [5.74, 6) is 0. The van der Waals surface area contributed by atoms with Gasteiger partial charge in [0.05, 0.1) is 0 Å². The van der Waals surface area contributed by atoms with Crippen molar-refractivity contribution in [3.05, 3.63) is 63.0 Å². The van der Waals surface area contributed by atoms with Gasteiger partial charge in [-0.2, -0.15) is 0 Å². The fourth-order valence-electron chi connectivity index (χ4n) is 2.02. The van der Waals surface area contributed by atoms with Gasteiger partial charge in [-0.15, -0.1) is 0 Å². The molecule has 0 aliphatic carbocycles. The normalized spacial score (nSPS) is 12.2. The van der Waals surface area contributed by atoms with Gasteiger partial charge in [0.2, 0.25) is 0 Å². The molecule has 0 saturated heterocycles. The lowest BCUT2D eigenvalue weighted by molar-refractivity contribution is 0.690. The van der Waals surface area contributed by atoms with Crippen molar-refractivity contribution in [1.29, 1.82) is 0 Å². The van der Waals surface area contributed by atoms with Crippen LogP contribution in [-0.4, -0.2) is 6.04 Å². The van der Waals surface area contributed by atoms with Crippen LogP contribution < -0.4 is 5.32 Å². The summed E-state index contributed by atoms with van der Waals surface area (Å²) < 4.78 is 2.18. The van der Waals surface area contributed by atoms with Crippen LogP contribution in [0.5, 0.6) is 0 Å². The minimum atomic E-state index is 0.444. The third kappa shape index (κ3) is 4.36. The van der Waals surface area contributed by atoms with Gasteiger partial charge in [-0.1, -0.05) is 53.2 Å². The third-order valence-corrected chi connectivity index (χ3v) is 4.26. The van der Waals surface area contributed by atoms with E-state index in [2.05, 4.69) is 92.6 Å². The Hall–Kier alpha value is -0.800. The average Bonchev–Trinajstić information content (AvgIpc) is 2.42. The second-order valence-electron chi connectivity index (χ2n) is 4.56. The predicted octanol–water partition coefficient (Wildman–Crippen LogP) is 5.64. The van der Waals surface area contributed by atoms with Crippen LogP contribution >= 0.6 is 31.9 Å². The van der Waals surface area contributed by atoms with Crippen LogP contribution in [0.15, 0.2) is 57.5 Å². The molecule has 3 heteroatoms. The standard InChI is InChI=1S/C16H17Br2N/c1-2-14(10-12-6-4-3-5-7-12)19-16-9-8-13(17)11-15(16)18/h3-9,11,14,19H,2,10H2,1H3. The van der Waals surface area contributed by atoms with Gasteiger partial charge < -0.3 is 5.32 Å². The Bertz CT molecular complexity index is 526. The van der Waals surface area contributed by atoms with Gasteiger partial charge >= 0.3 is 0 Å². The second-order valence-corrected chi connectivity index (χ2v) is 6.33. The number of rotatable bonds is 5. The minimum absolute atomic E-state index is 0.444.